The fraction of sp³-hybridized carbons (Fsp3) is 0.400. The van der Waals surface area contributed by atoms with Crippen LogP contribution in [0.2, 0.25) is 0 Å². The summed E-state index contributed by atoms with van der Waals surface area (Å²) in [6.07, 6.45) is 0. The van der Waals surface area contributed by atoms with Gasteiger partial charge in [0.1, 0.15) is 0 Å². The van der Waals surface area contributed by atoms with Crippen molar-refractivity contribution in [3.8, 4) is 0 Å². The highest BCUT2D eigenvalue weighted by Crippen LogP contribution is 2.19. The molecule has 4 aromatic rings. The second kappa shape index (κ2) is 6.55. The molecule has 9 heteroatoms. The van der Waals surface area contributed by atoms with Crippen molar-refractivity contribution in [2.45, 2.75) is 55.4 Å². The molecule has 4 heterocycles. The van der Waals surface area contributed by atoms with E-state index in [4.69, 9.17) is 0 Å². The highest BCUT2D eigenvalue weighted by molar-refractivity contribution is 7.21. The maximum Gasteiger partial charge on any atom is 0.196 e. The van der Waals surface area contributed by atoms with Crippen molar-refractivity contribution >= 4 is 28.8 Å². The molecular formula is C20H28N8Si. The molecule has 0 aliphatic rings. The van der Waals surface area contributed by atoms with Crippen molar-refractivity contribution in [1.82, 2.24) is 40.8 Å². The summed E-state index contributed by atoms with van der Waals surface area (Å²) in [7, 11) is -2.82. The van der Waals surface area contributed by atoms with Crippen LogP contribution < -0.4 is 20.7 Å². The summed E-state index contributed by atoms with van der Waals surface area (Å²) in [4.78, 5) is 0. The second-order valence-electron chi connectivity index (χ2n) is 7.99. The molecule has 4 N–H and O–H groups in total. The van der Waals surface area contributed by atoms with Gasteiger partial charge < -0.3 is 0 Å². The maximum atomic E-state index is 4.61. The van der Waals surface area contributed by atoms with E-state index in [0.29, 0.717) is 0 Å². The van der Waals surface area contributed by atoms with Gasteiger partial charge in [-0.15, -0.1) is 0 Å². The third-order valence-electron chi connectivity index (χ3n) is 6.01. The molecule has 0 fully saturated rings. The third kappa shape index (κ3) is 2.50. The summed E-state index contributed by atoms with van der Waals surface area (Å²) in [6.45, 7) is 16.8. The molecule has 0 unspecified atom stereocenters. The van der Waals surface area contributed by atoms with Gasteiger partial charge in [0, 0.05) is 22.8 Å². The van der Waals surface area contributed by atoms with Crippen LogP contribution >= 0.6 is 0 Å². The number of aryl methyl sites for hydroxylation is 8. The van der Waals surface area contributed by atoms with E-state index >= 15 is 0 Å². The number of aromatic amines is 4. The molecule has 0 aliphatic carbocycles. The lowest BCUT2D eigenvalue weighted by molar-refractivity contribution is 1.02. The number of H-pyrrole nitrogens is 4. The van der Waals surface area contributed by atoms with Crippen LogP contribution in [-0.4, -0.2) is 48.9 Å². The number of hydrogen-bond acceptors (Lipinski definition) is 4. The molecule has 4 aromatic heterocycles. The van der Waals surface area contributed by atoms with Crippen molar-refractivity contribution in [2.75, 3.05) is 0 Å². The zero-order valence-electron chi connectivity index (χ0n) is 18.3. The Hall–Kier alpha value is -2.94. The summed E-state index contributed by atoms with van der Waals surface area (Å²) < 4.78 is 0. The van der Waals surface area contributed by atoms with Crippen LogP contribution in [0.25, 0.3) is 0 Å². The Bertz CT molecular complexity index is 937. The summed E-state index contributed by atoms with van der Waals surface area (Å²) >= 11 is 0. The third-order valence-corrected chi connectivity index (χ3v) is 12.0. The first kappa shape index (κ1) is 19.4. The Kier molecular flexibility index (Phi) is 4.38. The van der Waals surface area contributed by atoms with Crippen molar-refractivity contribution < 1.29 is 0 Å². The van der Waals surface area contributed by atoms with E-state index in [1.807, 2.05) is 0 Å². The Morgan fingerprint density at radius 2 is 0.621 bits per heavy atom. The fourth-order valence-corrected chi connectivity index (χ4v) is 11.5. The van der Waals surface area contributed by atoms with E-state index < -0.39 is 8.07 Å². The first-order valence-corrected chi connectivity index (χ1v) is 11.8. The average Bonchev–Trinajstić information content (AvgIpc) is 3.37. The molecule has 0 aliphatic heterocycles. The van der Waals surface area contributed by atoms with Gasteiger partial charge in [0.05, 0.1) is 22.8 Å². The van der Waals surface area contributed by atoms with Crippen molar-refractivity contribution in [1.29, 1.82) is 0 Å². The van der Waals surface area contributed by atoms with Crippen LogP contribution in [0.4, 0.5) is 0 Å². The number of nitrogens with one attached hydrogen (secondary N) is 4. The van der Waals surface area contributed by atoms with E-state index in [1.165, 1.54) is 20.7 Å². The highest BCUT2D eigenvalue weighted by atomic mass is 28.3. The molecule has 0 saturated heterocycles. The van der Waals surface area contributed by atoms with Gasteiger partial charge in [0.25, 0.3) is 0 Å². The molecule has 0 bridgehead atoms. The minimum absolute atomic E-state index is 1.01. The molecular weight excluding hydrogens is 380 g/mol. The normalized spacial score (nSPS) is 12.1. The quantitative estimate of drug-likeness (QED) is 0.366. The summed E-state index contributed by atoms with van der Waals surface area (Å²) in [5, 5.41) is 36.4. The number of hydrogen-bond donors (Lipinski definition) is 4. The Labute approximate surface area is 170 Å². The number of nitrogens with zero attached hydrogens (tertiary/aromatic N) is 4. The van der Waals surface area contributed by atoms with Gasteiger partial charge in [0.15, 0.2) is 8.07 Å². The van der Waals surface area contributed by atoms with Crippen LogP contribution in [0.1, 0.15) is 45.6 Å². The van der Waals surface area contributed by atoms with Gasteiger partial charge in [-0.1, -0.05) is 0 Å². The summed E-state index contributed by atoms with van der Waals surface area (Å²) in [5.74, 6) is 0. The van der Waals surface area contributed by atoms with E-state index in [-0.39, 0.29) is 0 Å². The fourth-order valence-electron chi connectivity index (χ4n) is 5.16. The minimum Gasteiger partial charge on any atom is -0.283 e. The van der Waals surface area contributed by atoms with Crippen molar-refractivity contribution in [3.05, 3.63) is 45.6 Å². The molecule has 0 radical (unpaired) electrons. The van der Waals surface area contributed by atoms with Gasteiger partial charge in [-0.3, -0.25) is 20.4 Å². The van der Waals surface area contributed by atoms with Crippen molar-refractivity contribution in [3.63, 3.8) is 0 Å². The molecule has 0 atom stereocenters. The summed E-state index contributed by atoms with van der Waals surface area (Å²) in [6, 6.07) is 0. The lowest BCUT2D eigenvalue weighted by atomic mass is 10.3. The average molecular weight is 409 g/mol. The predicted octanol–water partition coefficient (Wildman–Crippen LogP) is 0.424. The number of rotatable bonds is 4. The van der Waals surface area contributed by atoms with Crippen LogP contribution in [0.15, 0.2) is 0 Å². The van der Waals surface area contributed by atoms with Crippen molar-refractivity contribution in [2.24, 2.45) is 0 Å². The largest absolute Gasteiger partial charge is 0.283 e. The zero-order chi connectivity index (χ0) is 21.1. The molecule has 4 rings (SSSR count). The van der Waals surface area contributed by atoms with Crippen LogP contribution in [0, 0.1) is 55.4 Å². The van der Waals surface area contributed by atoms with Gasteiger partial charge in [0.2, 0.25) is 0 Å². The Morgan fingerprint density at radius 1 is 0.414 bits per heavy atom. The van der Waals surface area contributed by atoms with Gasteiger partial charge in [-0.05, 0) is 76.1 Å². The Morgan fingerprint density at radius 3 is 0.759 bits per heavy atom. The minimum atomic E-state index is -2.82. The second-order valence-corrected chi connectivity index (χ2v) is 11.5. The topological polar surface area (TPSA) is 115 Å². The van der Waals surface area contributed by atoms with E-state index in [9.17, 15) is 0 Å². The highest BCUT2D eigenvalue weighted by Gasteiger charge is 2.52. The lowest BCUT2D eigenvalue weighted by Crippen LogP contribution is -2.78. The maximum absolute atomic E-state index is 4.61. The molecule has 0 spiro atoms. The molecule has 152 valence electrons. The molecule has 0 aromatic carbocycles. The van der Waals surface area contributed by atoms with E-state index in [2.05, 4.69) is 96.2 Å². The first-order chi connectivity index (χ1) is 13.7. The molecule has 0 amide bonds. The predicted molar refractivity (Wildman–Crippen MR) is 117 cm³/mol. The standard InChI is InChI=1S/C20H28N8Si/c1-9-17(10(2)22-21-9)29(18-11(3)23-24-12(18)4,19-13(5)25-26-14(19)6)20-15(7)27-28-16(20)8/h1-8H3,(H,21,22)(H,23,24)(H,25,26)(H,27,28). The smallest absolute Gasteiger partial charge is 0.196 e. The van der Waals surface area contributed by atoms with E-state index in [0.717, 1.165) is 45.6 Å². The monoisotopic (exact) mass is 408 g/mol. The molecule has 29 heavy (non-hydrogen) atoms. The number of aromatic nitrogens is 8. The SMILES string of the molecule is Cc1n[nH]c(C)c1[Si](c1c(C)n[nH]c1C)(c1c(C)n[nH]c1C)c1c(C)n[nH]c1C. The van der Waals surface area contributed by atoms with Gasteiger partial charge in [-0.2, -0.15) is 20.4 Å². The molecule has 8 nitrogen and oxygen atoms in total. The molecule has 0 saturated carbocycles. The summed E-state index contributed by atoms with van der Waals surface area (Å²) in [5.41, 5.74) is 8.35. The van der Waals surface area contributed by atoms with Crippen LogP contribution in [0.5, 0.6) is 0 Å². The Balaban J connectivity index is 2.35. The van der Waals surface area contributed by atoms with Crippen LogP contribution in [-0.2, 0) is 0 Å². The first-order valence-electron chi connectivity index (χ1n) is 9.79. The van der Waals surface area contributed by atoms with Crippen LogP contribution in [0.3, 0.4) is 0 Å². The van der Waals surface area contributed by atoms with E-state index in [1.54, 1.807) is 0 Å². The lowest BCUT2D eigenvalue weighted by Gasteiger charge is -2.34. The zero-order valence-corrected chi connectivity index (χ0v) is 19.3. The van der Waals surface area contributed by atoms with Gasteiger partial charge >= 0.3 is 0 Å². The van der Waals surface area contributed by atoms with Gasteiger partial charge in [-0.25, -0.2) is 0 Å².